The first-order valence-corrected chi connectivity index (χ1v) is 9.72. The van der Waals surface area contributed by atoms with Gasteiger partial charge in [-0.2, -0.15) is 0 Å². The van der Waals surface area contributed by atoms with Gasteiger partial charge in [0.1, 0.15) is 17.3 Å². The fourth-order valence-corrected chi connectivity index (χ4v) is 3.47. The standard InChI is InChI=1S/C23H18FN7/c24-18-3-2-16-13-31(14-17(16)12-18)23-28-10-7-20(30-23)22-27-9-6-19(29-22)4-1-15-5-8-26-21(25)11-15/h1-12H,13-14H2,(H2,25,26)/b4-1+. The van der Waals surface area contributed by atoms with Crippen LogP contribution in [0.2, 0.25) is 0 Å². The van der Waals surface area contributed by atoms with Crippen LogP contribution < -0.4 is 10.6 Å². The van der Waals surface area contributed by atoms with E-state index in [0.717, 1.165) is 22.4 Å². The number of hydrogen-bond acceptors (Lipinski definition) is 7. The molecule has 0 radical (unpaired) electrons. The molecule has 0 amide bonds. The van der Waals surface area contributed by atoms with Crippen molar-refractivity contribution >= 4 is 23.9 Å². The van der Waals surface area contributed by atoms with E-state index in [1.165, 1.54) is 6.07 Å². The van der Waals surface area contributed by atoms with E-state index < -0.39 is 0 Å². The first-order valence-electron chi connectivity index (χ1n) is 9.72. The predicted octanol–water partition coefficient (Wildman–Crippen LogP) is 3.74. The summed E-state index contributed by atoms with van der Waals surface area (Å²) in [5.74, 6) is 1.29. The maximum atomic E-state index is 13.5. The second-order valence-corrected chi connectivity index (χ2v) is 7.16. The summed E-state index contributed by atoms with van der Waals surface area (Å²) in [7, 11) is 0. The third kappa shape index (κ3) is 4.09. The minimum absolute atomic E-state index is 0.233. The van der Waals surface area contributed by atoms with Crippen LogP contribution in [-0.2, 0) is 13.1 Å². The zero-order chi connectivity index (χ0) is 21.2. The van der Waals surface area contributed by atoms with Crippen LogP contribution in [0.5, 0.6) is 0 Å². The molecular formula is C23H18FN7. The molecule has 0 saturated heterocycles. The number of anilines is 2. The molecule has 5 rings (SSSR count). The molecule has 0 fully saturated rings. The summed E-state index contributed by atoms with van der Waals surface area (Å²) in [6, 6.07) is 12.1. The van der Waals surface area contributed by atoms with Crippen LogP contribution in [0.15, 0.2) is 61.1 Å². The van der Waals surface area contributed by atoms with Crippen LogP contribution in [0.1, 0.15) is 22.4 Å². The molecule has 4 aromatic rings. The number of halogens is 1. The van der Waals surface area contributed by atoms with Gasteiger partial charge in [0.2, 0.25) is 5.95 Å². The Morgan fingerprint density at radius 3 is 2.58 bits per heavy atom. The topological polar surface area (TPSA) is 93.7 Å². The van der Waals surface area contributed by atoms with Crippen molar-refractivity contribution in [2.45, 2.75) is 13.1 Å². The molecule has 0 unspecified atom stereocenters. The Kier molecular flexibility index (Phi) is 4.80. The molecule has 1 aromatic carbocycles. The number of benzene rings is 1. The summed E-state index contributed by atoms with van der Waals surface area (Å²) >= 11 is 0. The van der Waals surface area contributed by atoms with Crippen molar-refractivity contribution in [3.63, 3.8) is 0 Å². The highest BCUT2D eigenvalue weighted by Crippen LogP contribution is 2.27. The molecular weight excluding hydrogens is 393 g/mol. The Balaban J connectivity index is 1.38. The van der Waals surface area contributed by atoms with Gasteiger partial charge in [-0.15, -0.1) is 0 Å². The van der Waals surface area contributed by atoms with Gasteiger partial charge < -0.3 is 10.6 Å². The smallest absolute Gasteiger partial charge is 0.226 e. The van der Waals surface area contributed by atoms with Crippen molar-refractivity contribution in [2.24, 2.45) is 0 Å². The van der Waals surface area contributed by atoms with Crippen molar-refractivity contribution in [1.82, 2.24) is 24.9 Å². The van der Waals surface area contributed by atoms with Gasteiger partial charge in [-0.25, -0.2) is 29.3 Å². The SMILES string of the molecule is Nc1cc(/C=C/c2ccnc(-c3ccnc(N4Cc5ccc(F)cc5C4)n3)n2)ccn1. The second kappa shape index (κ2) is 7.91. The van der Waals surface area contributed by atoms with Gasteiger partial charge in [-0.05, 0) is 59.2 Å². The van der Waals surface area contributed by atoms with Gasteiger partial charge in [0, 0.05) is 31.7 Å². The molecule has 0 aliphatic carbocycles. The Hall–Kier alpha value is -4.20. The number of fused-ring (bicyclic) bond motifs is 1. The third-order valence-electron chi connectivity index (χ3n) is 4.97. The zero-order valence-electron chi connectivity index (χ0n) is 16.5. The van der Waals surface area contributed by atoms with Crippen molar-refractivity contribution in [3.05, 3.63) is 89.3 Å². The van der Waals surface area contributed by atoms with E-state index >= 15 is 0 Å². The number of nitrogen functional groups attached to an aromatic ring is 1. The number of pyridine rings is 1. The fourth-order valence-electron chi connectivity index (χ4n) is 3.47. The van der Waals surface area contributed by atoms with Crippen LogP contribution in [0.3, 0.4) is 0 Å². The molecule has 2 N–H and O–H groups in total. The summed E-state index contributed by atoms with van der Waals surface area (Å²) in [6.45, 7) is 1.20. The molecule has 1 aliphatic rings. The van der Waals surface area contributed by atoms with Gasteiger partial charge in [-0.3, -0.25) is 0 Å². The lowest BCUT2D eigenvalue weighted by Gasteiger charge is -2.15. The van der Waals surface area contributed by atoms with E-state index in [2.05, 4.69) is 24.9 Å². The Bertz CT molecular complexity index is 1290. The number of aromatic nitrogens is 5. The average Bonchev–Trinajstić information content (AvgIpc) is 3.21. The maximum absolute atomic E-state index is 13.5. The van der Waals surface area contributed by atoms with E-state index in [1.54, 1.807) is 36.8 Å². The summed E-state index contributed by atoms with van der Waals surface area (Å²) in [6.07, 6.45) is 8.84. The zero-order valence-corrected chi connectivity index (χ0v) is 16.5. The molecule has 0 saturated carbocycles. The van der Waals surface area contributed by atoms with Crippen molar-refractivity contribution in [2.75, 3.05) is 10.6 Å². The normalized spacial score (nSPS) is 13.0. The summed E-state index contributed by atoms with van der Waals surface area (Å²) in [5, 5.41) is 0. The molecule has 1 aliphatic heterocycles. The maximum Gasteiger partial charge on any atom is 0.226 e. The molecule has 0 atom stereocenters. The van der Waals surface area contributed by atoms with Crippen molar-refractivity contribution in [3.8, 4) is 11.5 Å². The molecule has 3 aromatic heterocycles. The quantitative estimate of drug-likeness (QED) is 0.547. The van der Waals surface area contributed by atoms with Gasteiger partial charge in [0.15, 0.2) is 5.82 Å². The van der Waals surface area contributed by atoms with Gasteiger partial charge >= 0.3 is 0 Å². The number of hydrogen-bond donors (Lipinski definition) is 1. The minimum Gasteiger partial charge on any atom is -0.384 e. The highest BCUT2D eigenvalue weighted by Gasteiger charge is 2.22. The van der Waals surface area contributed by atoms with Crippen LogP contribution in [0, 0.1) is 5.82 Å². The lowest BCUT2D eigenvalue weighted by atomic mass is 10.1. The van der Waals surface area contributed by atoms with Gasteiger partial charge in [0.05, 0.1) is 5.69 Å². The minimum atomic E-state index is -0.233. The van der Waals surface area contributed by atoms with E-state index in [0.29, 0.717) is 36.4 Å². The van der Waals surface area contributed by atoms with E-state index in [1.807, 2.05) is 35.3 Å². The Morgan fingerprint density at radius 1 is 0.839 bits per heavy atom. The molecule has 31 heavy (non-hydrogen) atoms. The van der Waals surface area contributed by atoms with E-state index in [-0.39, 0.29) is 5.82 Å². The van der Waals surface area contributed by atoms with E-state index in [4.69, 9.17) is 5.73 Å². The van der Waals surface area contributed by atoms with E-state index in [9.17, 15) is 4.39 Å². The Morgan fingerprint density at radius 2 is 1.68 bits per heavy atom. The van der Waals surface area contributed by atoms with Crippen LogP contribution in [0.25, 0.3) is 23.7 Å². The molecule has 0 spiro atoms. The number of nitrogens with two attached hydrogens (primary N) is 1. The molecule has 8 heteroatoms. The predicted molar refractivity (Wildman–Crippen MR) is 117 cm³/mol. The van der Waals surface area contributed by atoms with Gasteiger partial charge in [-0.1, -0.05) is 12.1 Å². The monoisotopic (exact) mass is 411 g/mol. The third-order valence-corrected chi connectivity index (χ3v) is 4.97. The first kappa shape index (κ1) is 18.8. The first-order chi connectivity index (χ1) is 15.1. The molecule has 0 bridgehead atoms. The molecule has 7 nitrogen and oxygen atoms in total. The summed E-state index contributed by atoms with van der Waals surface area (Å²) in [5.41, 5.74) is 10.0. The number of nitrogens with zero attached hydrogens (tertiary/aromatic N) is 6. The summed E-state index contributed by atoms with van der Waals surface area (Å²) < 4.78 is 13.5. The van der Waals surface area contributed by atoms with Crippen LogP contribution in [-0.4, -0.2) is 24.9 Å². The van der Waals surface area contributed by atoms with Gasteiger partial charge in [0.25, 0.3) is 0 Å². The lowest BCUT2D eigenvalue weighted by Crippen LogP contribution is -2.17. The average molecular weight is 411 g/mol. The van der Waals surface area contributed by atoms with Crippen molar-refractivity contribution in [1.29, 1.82) is 0 Å². The second-order valence-electron chi connectivity index (χ2n) is 7.16. The molecule has 152 valence electrons. The highest BCUT2D eigenvalue weighted by atomic mass is 19.1. The largest absolute Gasteiger partial charge is 0.384 e. The lowest BCUT2D eigenvalue weighted by molar-refractivity contribution is 0.626. The fraction of sp³-hybridized carbons (Fsp3) is 0.0870. The Labute approximate surface area is 178 Å². The molecule has 4 heterocycles. The highest BCUT2D eigenvalue weighted by molar-refractivity contribution is 5.69. The summed E-state index contributed by atoms with van der Waals surface area (Å²) in [4.78, 5) is 24.0. The van der Waals surface area contributed by atoms with Crippen LogP contribution >= 0.6 is 0 Å². The van der Waals surface area contributed by atoms with Crippen LogP contribution in [0.4, 0.5) is 16.2 Å². The van der Waals surface area contributed by atoms with Crippen molar-refractivity contribution < 1.29 is 4.39 Å². The number of rotatable bonds is 4.